The van der Waals surface area contributed by atoms with E-state index in [1.807, 2.05) is 7.05 Å². The van der Waals surface area contributed by atoms with Gasteiger partial charge in [0.2, 0.25) is 0 Å². The summed E-state index contributed by atoms with van der Waals surface area (Å²) in [5.41, 5.74) is 0.253. The number of nitrogens with one attached hydrogen (secondary N) is 1. The maximum Gasteiger partial charge on any atom is 0.408 e. The lowest BCUT2D eigenvalue weighted by atomic mass is 10.1. The number of amides is 1. The third-order valence-electron chi connectivity index (χ3n) is 6.60. The Kier molecular flexibility index (Phi) is 7.06. The number of benzene rings is 1. The fourth-order valence-electron chi connectivity index (χ4n) is 4.31. The van der Waals surface area contributed by atoms with Gasteiger partial charge in [-0.2, -0.15) is 0 Å². The van der Waals surface area contributed by atoms with Gasteiger partial charge in [0.25, 0.3) is 0 Å². The van der Waals surface area contributed by atoms with Gasteiger partial charge in [-0.25, -0.2) is 18.6 Å². The van der Waals surface area contributed by atoms with E-state index in [2.05, 4.69) is 32.0 Å². The molecule has 2 aromatic heterocycles. The molecule has 1 aromatic carbocycles. The zero-order valence-corrected chi connectivity index (χ0v) is 23.9. The van der Waals surface area contributed by atoms with Gasteiger partial charge in [0.05, 0.1) is 29.3 Å². The topological polar surface area (TPSA) is 81.5 Å². The number of thioether (sulfide) groups is 1. The molecule has 0 radical (unpaired) electrons. The van der Waals surface area contributed by atoms with Gasteiger partial charge >= 0.3 is 6.09 Å². The number of aromatic nitrogens is 3. The molecule has 222 valence electrons. The molecular weight excluding hydrogens is 560 g/mol. The van der Waals surface area contributed by atoms with Crippen molar-refractivity contribution in [1.29, 1.82) is 0 Å². The van der Waals surface area contributed by atoms with Crippen molar-refractivity contribution in [3.05, 3.63) is 65.7 Å². The zero-order valence-electron chi connectivity index (χ0n) is 31.0. The molecule has 1 N–H and O–H groups in total. The minimum Gasteiger partial charge on any atom is -0.484 e. The van der Waals surface area contributed by atoms with Crippen LogP contribution in [-0.4, -0.2) is 63.5 Å². The van der Waals surface area contributed by atoms with E-state index in [1.165, 1.54) is 23.2 Å². The smallest absolute Gasteiger partial charge is 0.408 e. The van der Waals surface area contributed by atoms with E-state index < -0.39 is 60.3 Å². The Bertz CT molecular complexity index is 1770. The minimum atomic E-state index is -3.21. The van der Waals surface area contributed by atoms with Crippen molar-refractivity contribution in [3.63, 3.8) is 0 Å². The van der Waals surface area contributed by atoms with Crippen LogP contribution >= 0.6 is 11.8 Å². The maximum atomic E-state index is 15.1. The van der Waals surface area contributed by atoms with Crippen molar-refractivity contribution in [1.82, 2.24) is 24.8 Å². The van der Waals surface area contributed by atoms with E-state index in [4.69, 9.17) is 20.4 Å². The van der Waals surface area contributed by atoms with Crippen molar-refractivity contribution in [3.8, 4) is 23.3 Å². The summed E-state index contributed by atoms with van der Waals surface area (Å²) in [5.74, 6) is 0.0129. The van der Waals surface area contributed by atoms with Crippen LogP contribution in [0.1, 0.15) is 61.1 Å². The van der Waals surface area contributed by atoms with E-state index in [9.17, 15) is 9.18 Å². The largest absolute Gasteiger partial charge is 0.484 e. The van der Waals surface area contributed by atoms with Crippen molar-refractivity contribution in [2.75, 3.05) is 26.7 Å². The molecule has 11 heteroatoms. The average molecular weight is 604 g/mol. The van der Waals surface area contributed by atoms with E-state index >= 15 is 4.39 Å². The highest BCUT2D eigenvalue weighted by Gasteiger charge is 2.27. The number of nitrogens with zero attached hydrogens (tertiary/aromatic N) is 4. The third kappa shape index (κ3) is 7.61. The van der Waals surface area contributed by atoms with E-state index in [-0.39, 0.29) is 29.1 Å². The van der Waals surface area contributed by atoms with Gasteiger partial charge in [-0.3, -0.25) is 9.55 Å². The number of ether oxygens (including phenoxy) is 2. The number of hydrogen-bond acceptors (Lipinski definition) is 7. The van der Waals surface area contributed by atoms with Crippen LogP contribution in [0.25, 0.3) is 5.69 Å². The number of carbonyl (C=O) groups excluding carboxylic acids is 1. The van der Waals surface area contributed by atoms with Crippen LogP contribution in [0.15, 0.2) is 48.0 Å². The molecule has 0 bridgehead atoms. The second kappa shape index (κ2) is 14.0. The zero-order chi connectivity index (χ0) is 36.7. The standard InChI is InChI=1S/C31H35F2N5O3S/c1-21-6-3-9-29(21)42-30-35-19-25(38(30)24-8-4-12-34-18-24)20-41-28-17-26(32)22(16-27(28)33)7-5-15-40-31(39)36-23-10-13-37(2)14-11-23/h4,8,12,16-19,21,23,29H,3,6,9-11,13-15,20H2,1-2H3,(H,36,39)/i3D2,6D2,9D2,21D,29D. The molecule has 2 aliphatic rings. The Labute approximate surface area is 260 Å². The number of likely N-dealkylation sites (tertiary alicyclic amines) is 1. The van der Waals surface area contributed by atoms with Gasteiger partial charge in [-0.1, -0.05) is 36.9 Å². The number of hydrogen-bond donors (Lipinski definition) is 1. The Morgan fingerprint density at radius 1 is 1.26 bits per heavy atom. The molecule has 8 nitrogen and oxygen atoms in total. The molecule has 3 heterocycles. The normalized spacial score (nSPS) is 29.1. The summed E-state index contributed by atoms with van der Waals surface area (Å²) in [5, 5.41) is -0.0942. The SMILES string of the molecule is [2H]C1([2H])C([2H])([2H])C([2H])(C)C([2H])(Sc2ncc(COc3cc(F)c(C#CCOC(=O)NC4CCN(C)CC4)cc3F)n2-c2cccnc2)C1([2H])[2H]. The lowest BCUT2D eigenvalue weighted by Gasteiger charge is -2.28. The van der Waals surface area contributed by atoms with Crippen LogP contribution in [-0.2, 0) is 11.3 Å². The van der Waals surface area contributed by atoms with E-state index in [0.29, 0.717) is 17.4 Å². The highest BCUT2D eigenvalue weighted by atomic mass is 32.2. The van der Waals surface area contributed by atoms with Gasteiger partial charge in [-0.15, -0.1) is 0 Å². The molecule has 2 unspecified atom stereocenters. The number of halogens is 2. The lowest BCUT2D eigenvalue weighted by Crippen LogP contribution is -2.43. The van der Waals surface area contributed by atoms with Crippen LogP contribution in [0.3, 0.4) is 0 Å². The molecule has 3 aromatic rings. The molecule has 2 fully saturated rings. The van der Waals surface area contributed by atoms with Crippen LogP contribution in [0.4, 0.5) is 13.6 Å². The summed E-state index contributed by atoms with van der Waals surface area (Å²) in [4.78, 5) is 22.5. The summed E-state index contributed by atoms with van der Waals surface area (Å²) in [6.07, 6.45) is -4.36. The average Bonchev–Trinajstić information content (AvgIpc) is 3.47. The van der Waals surface area contributed by atoms with Crippen LogP contribution in [0.5, 0.6) is 5.75 Å². The predicted octanol–water partition coefficient (Wildman–Crippen LogP) is 5.58. The third-order valence-corrected chi connectivity index (χ3v) is 7.69. The van der Waals surface area contributed by atoms with E-state index in [1.54, 1.807) is 12.1 Å². The monoisotopic (exact) mass is 603 g/mol. The first-order chi connectivity index (χ1) is 23.3. The molecule has 1 aliphatic heterocycles. The van der Waals surface area contributed by atoms with Crippen molar-refractivity contribution < 1.29 is 34.0 Å². The Morgan fingerprint density at radius 2 is 2.10 bits per heavy atom. The quantitative estimate of drug-likeness (QED) is 0.337. The summed E-state index contributed by atoms with van der Waals surface area (Å²) < 4.78 is 110. The first-order valence-corrected chi connectivity index (χ1v) is 14.0. The molecule has 5 rings (SSSR count). The summed E-state index contributed by atoms with van der Waals surface area (Å²) in [7, 11) is 2.00. The predicted molar refractivity (Wildman–Crippen MR) is 157 cm³/mol. The first kappa shape index (κ1) is 21.1. The molecular formula is C31H35F2N5O3S. The fourth-order valence-corrected chi connectivity index (χ4v) is 5.22. The van der Waals surface area contributed by atoms with Crippen molar-refractivity contribution >= 4 is 17.9 Å². The molecule has 1 saturated carbocycles. The number of rotatable bonds is 8. The van der Waals surface area contributed by atoms with Crippen LogP contribution < -0.4 is 10.1 Å². The molecule has 2 atom stereocenters. The second-order valence-corrected chi connectivity index (χ2v) is 10.6. The van der Waals surface area contributed by atoms with Gasteiger partial charge in [0.15, 0.2) is 23.3 Å². The number of alkyl carbamates (subject to hydrolysis) is 1. The van der Waals surface area contributed by atoms with Gasteiger partial charge < -0.3 is 19.7 Å². The van der Waals surface area contributed by atoms with Gasteiger partial charge in [0, 0.05) is 34.5 Å². The number of carbonyl (C=O) groups is 1. The summed E-state index contributed by atoms with van der Waals surface area (Å²) >= 11 is 0.370. The molecule has 1 aliphatic carbocycles. The van der Waals surface area contributed by atoms with Crippen LogP contribution in [0.2, 0.25) is 0 Å². The second-order valence-electron chi connectivity index (χ2n) is 9.66. The number of imidazole rings is 1. The summed E-state index contributed by atoms with van der Waals surface area (Å²) in [6.45, 7) is 1.92. The molecule has 42 heavy (non-hydrogen) atoms. The highest BCUT2D eigenvalue weighted by molar-refractivity contribution is 7.99. The fraction of sp³-hybridized carbons (Fsp3) is 0.452. The van der Waals surface area contributed by atoms with E-state index in [0.717, 1.165) is 45.0 Å². The molecule has 1 amide bonds. The van der Waals surface area contributed by atoms with Crippen LogP contribution in [0, 0.1) is 29.4 Å². The first-order valence-electron chi connectivity index (χ1n) is 17.2. The maximum absolute atomic E-state index is 15.1. The highest BCUT2D eigenvalue weighted by Crippen LogP contribution is 2.39. The van der Waals surface area contributed by atoms with Crippen molar-refractivity contribution in [2.45, 2.75) is 61.9 Å². The number of piperidine rings is 1. The molecule has 0 spiro atoms. The van der Waals surface area contributed by atoms with Crippen molar-refractivity contribution in [2.24, 2.45) is 5.89 Å². The number of pyridine rings is 1. The minimum absolute atomic E-state index is 0.00822. The van der Waals surface area contributed by atoms with Gasteiger partial charge in [0.1, 0.15) is 12.4 Å². The van der Waals surface area contributed by atoms with Gasteiger partial charge in [-0.05, 0) is 69.8 Å². The summed E-state index contributed by atoms with van der Waals surface area (Å²) in [6, 6.07) is 4.80. The Hall–Kier alpha value is -3.62. The Morgan fingerprint density at radius 3 is 2.83 bits per heavy atom. The lowest BCUT2D eigenvalue weighted by molar-refractivity contribution is 0.147. The molecule has 1 saturated heterocycles. The Balaban J connectivity index is 1.32.